The molecule has 1 amide bonds. The lowest BCUT2D eigenvalue weighted by molar-refractivity contribution is -0.148. The van der Waals surface area contributed by atoms with Gasteiger partial charge in [-0.15, -0.1) is 0 Å². The fraction of sp³-hybridized carbons (Fsp3) is 0.276. The number of carbonyl (C=O) groups excluding carboxylic acids is 3. The average Bonchev–Trinajstić information content (AvgIpc) is 3.16. The van der Waals surface area contributed by atoms with Gasteiger partial charge in [-0.25, -0.2) is 4.79 Å². The van der Waals surface area contributed by atoms with E-state index in [0.29, 0.717) is 35.7 Å². The van der Waals surface area contributed by atoms with Crippen molar-refractivity contribution in [1.29, 1.82) is 0 Å². The Hall–Kier alpha value is -4.13. The van der Waals surface area contributed by atoms with Gasteiger partial charge < -0.3 is 19.5 Å². The molecule has 0 spiro atoms. The van der Waals surface area contributed by atoms with Crippen molar-refractivity contribution in [2.45, 2.75) is 32.2 Å². The molecule has 0 radical (unpaired) electrons. The van der Waals surface area contributed by atoms with Crippen molar-refractivity contribution < 1.29 is 28.6 Å². The summed E-state index contributed by atoms with van der Waals surface area (Å²) < 4.78 is 16.6. The normalized spacial score (nSPS) is 16.2. The van der Waals surface area contributed by atoms with Gasteiger partial charge in [0.15, 0.2) is 17.3 Å². The van der Waals surface area contributed by atoms with E-state index in [0.717, 1.165) is 5.56 Å². The summed E-state index contributed by atoms with van der Waals surface area (Å²) in [6.45, 7) is 4.16. The predicted octanol–water partition coefficient (Wildman–Crippen LogP) is 4.10. The number of rotatable bonds is 9. The summed E-state index contributed by atoms with van der Waals surface area (Å²) in [7, 11) is 1.52. The molecule has 1 aliphatic carbocycles. The summed E-state index contributed by atoms with van der Waals surface area (Å²) >= 11 is 0. The van der Waals surface area contributed by atoms with E-state index in [1.165, 1.54) is 12.7 Å². The Labute approximate surface area is 210 Å². The summed E-state index contributed by atoms with van der Waals surface area (Å²) in [5, 5.41) is 2.68. The van der Waals surface area contributed by atoms with Crippen LogP contribution in [0.5, 0.6) is 11.5 Å². The van der Waals surface area contributed by atoms with Gasteiger partial charge in [0.05, 0.1) is 20.3 Å². The highest BCUT2D eigenvalue weighted by Crippen LogP contribution is 2.33. The Morgan fingerprint density at radius 3 is 2.53 bits per heavy atom. The summed E-state index contributed by atoms with van der Waals surface area (Å²) in [5.41, 5.74) is 1.81. The van der Waals surface area contributed by atoms with E-state index < -0.39 is 23.2 Å². The molecule has 1 aliphatic rings. The van der Waals surface area contributed by atoms with Crippen LogP contribution in [-0.2, 0) is 22.4 Å². The summed E-state index contributed by atoms with van der Waals surface area (Å²) in [6, 6.07) is 19.8. The van der Waals surface area contributed by atoms with E-state index >= 15 is 0 Å². The lowest BCUT2D eigenvalue weighted by Crippen LogP contribution is -2.59. The third-order valence-electron chi connectivity index (χ3n) is 6.21. The number of methoxy groups -OCH3 is 1. The molecular formula is C29H29NO6. The van der Waals surface area contributed by atoms with E-state index in [4.69, 9.17) is 14.2 Å². The van der Waals surface area contributed by atoms with Crippen LogP contribution < -0.4 is 14.8 Å². The third kappa shape index (κ3) is 4.96. The number of amides is 1. The molecule has 7 nitrogen and oxygen atoms in total. The molecule has 0 bridgehead atoms. The Kier molecular flexibility index (Phi) is 7.38. The Morgan fingerprint density at radius 1 is 1.00 bits per heavy atom. The second-order valence-electron chi connectivity index (χ2n) is 8.70. The number of Topliss-reactive ketones (excluding diaryl/α,β-unsaturated/α-hetero) is 1. The molecule has 0 heterocycles. The number of fused-ring (bicyclic) bond motifs is 1. The number of hydrogen-bond acceptors (Lipinski definition) is 6. The lowest BCUT2D eigenvalue weighted by Gasteiger charge is -2.26. The molecule has 7 heteroatoms. The molecule has 0 aliphatic heterocycles. The van der Waals surface area contributed by atoms with Gasteiger partial charge in [0.2, 0.25) is 5.54 Å². The molecule has 3 aromatic rings. The zero-order valence-electron chi connectivity index (χ0n) is 20.6. The highest BCUT2D eigenvalue weighted by Gasteiger charge is 2.54. The first-order valence-corrected chi connectivity index (χ1v) is 11.9. The van der Waals surface area contributed by atoms with E-state index in [2.05, 4.69) is 11.4 Å². The minimum atomic E-state index is -1.82. The fourth-order valence-electron chi connectivity index (χ4n) is 4.41. The van der Waals surface area contributed by atoms with E-state index in [-0.39, 0.29) is 18.6 Å². The van der Waals surface area contributed by atoms with Gasteiger partial charge in [0, 0.05) is 24.0 Å². The number of nitrogens with one attached hydrogen (secondary N) is 1. The van der Waals surface area contributed by atoms with Crippen molar-refractivity contribution in [2.75, 3.05) is 20.3 Å². The predicted molar refractivity (Wildman–Crippen MR) is 135 cm³/mol. The van der Waals surface area contributed by atoms with E-state index in [9.17, 15) is 14.4 Å². The summed E-state index contributed by atoms with van der Waals surface area (Å²) in [5.74, 6) is -0.976. The number of aryl methyl sites for hydroxylation is 1. The summed E-state index contributed by atoms with van der Waals surface area (Å²) in [4.78, 5) is 39.6. The van der Waals surface area contributed by atoms with Crippen LogP contribution in [0.4, 0.5) is 0 Å². The van der Waals surface area contributed by atoms with Crippen LogP contribution in [0.1, 0.15) is 44.3 Å². The molecular weight excluding hydrogens is 458 g/mol. The largest absolute Gasteiger partial charge is 0.493 e. The minimum Gasteiger partial charge on any atom is -0.493 e. The molecule has 1 unspecified atom stereocenters. The maximum absolute atomic E-state index is 13.3. The smallest absolute Gasteiger partial charge is 0.340 e. The number of ketones is 1. The second kappa shape index (κ2) is 10.6. The number of ether oxygens (including phenoxy) is 3. The minimum absolute atomic E-state index is 0.0303. The van der Waals surface area contributed by atoms with Crippen LogP contribution in [0.25, 0.3) is 0 Å². The van der Waals surface area contributed by atoms with E-state index in [1.54, 1.807) is 49.4 Å². The average molecular weight is 488 g/mol. The summed E-state index contributed by atoms with van der Waals surface area (Å²) in [6.07, 6.45) is 0.711. The lowest BCUT2D eigenvalue weighted by atomic mass is 9.93. The Balaban J connectivity index is 1.55. The molecule has 3 aromatic carbocycles. The van der Waals surface area contributed by atoms with Gasteiger partial charge in [0.1, 0.15) is 0 Å². The van der Waals surface area contributed by atoms with Crippen molar-refractivity contribution in [1.82, 2.24) is 5.32 Å². The van der Waals surface area contributed by atoms with Gasteiger partial charge in [0.25, 0.3) is 5.91 Å². The van der Waals surface area contributed by atoms with Crippen molar-refractivity contribution in [3.05, 3.63) is 94.5 Å². The van der Waals surface area contributed by atoms with Crippen LogP contribution in [0.2, 0.25) is 0 Å². The molecule has 0 saturated heterocycles. The van der Waals surface area contributed by atoms with Crippen molar-refractivity contribution >= 4 is 17.7 Å². The van der Waals surface area contributed by atoms with Gasteiger partial charge in [-0.2, -0.15) is 0 Å². The highest BCUT2D eigenvalue weighted by atomic mass is 16.5. The molecule has 1 atom stereocenters. The highest BCUT2D eigenvalue weighted by molar-refractivity contribution is 6.22. The first kappa shape index (κ1) is 25.0. The van der Waals surface area contributed by atoms with E-state index in [1.807, 2.05) is 25.1 Å². The topological polar surface area (TPSA) is 90.9 Å². The molecule has 36 heavy (non-hydrogen) atoms. The third-order valence-corrected chi connectivity index (χ3v) is 6.21. The van der Waals surface area contributed by atoms with Crippen molar-refractivity contribution in [2.24, 2.45) is 0 Å². The maximum atomic E-state index is 13.3. The molecule has 4 rings (SSSR count). The molecule has 186 valence electrons. The number of benzene rings is 3. The van der Waals surface area contributed by atoms with Crippen LogP contribution in [0.3, 0.4) is 0 Å². The Morgan fingerprint density at radius 2 is 1.81 bits per heavy atom. The van der Waals surface area contributed by atoms with Gasteiger partial charge in [-0.3, -0.25) is 9.59 Å². The van der Waals surface area contributed by atoms with Gasteiger partial charge in [-0.1, -0.05) is 54.1 Å². The first-order chi connectivity index (χ1) is 17.4. The Bertz CT molecular complexity index is 1300. The fourth-order valence-corrected chi connectivity index (χ4v) is 4.41. The van der Waals surface area contributed by atoms with Crippen LogP contribution in [0.15, 0.2) is 66.7 Å². The van der Waals surface area contributed by atoms with Crippen LogP contribution in [-0.4, -0.2) is 43.5 Å². The monoisotopic (exact) mass is 487 g/mol. The number of hydrogen-bond donors (Lipinski definition) is 1. The molecule has 1 N–H and O–H groups in total. The second-order valence-corrected chi connectivity index (χ2v) is 8.70. The SMILES string of the molecule is CCOC(=O)C1(NC(=O)c2ccc(OC)c(OCCc3cccc(C)c3)c2)Cc2ccccc2C1=O. The standard InChI is InChI=1S/C29H29NO6/c1-4-35-28(33)29(18-22-10-5-6-11-23(22)26(29)31)30-27(32)21-12-13-24(34-3)25(17-21)36-15-14-20-9-7-8-19(2)16-20/h5-13,16-17H,4,14-15,18H2,1-3H3,(H,30,32). The zero-order valence-corrected chi connectivity index (χ0v) is 20.6. The maximum Gasteiger partial charge on any atom is 0.340 e. The van der Waals surface area contributed by atoms with Crippen LogP contribution >= 0.6 is 0 Å². The van der Waals surface area contributed by atoms with Gasteiger partial charge >= 0.3 is 5.97 Å². The van der Waals surface area contributed by atoms with Crippen molar-refractivity contribution in [3.8, 4) is 11.5 Å². The number of esters is 1. The van der Waals surface area contributed by atoms with Gasteiger partial charge in [-0.05, 0) is 43.2 Å². The quantitative estimate of drug-likeness (QED) is 0.361. The first-order valence-electron chi connectivity index (χ1n) is 11.9. The van der Waals surface area contributed by atoms with Crippen molar-refractivity contribution in [3.63, 3.8) is 0 Å². The molecule has 0 aromatic heterocycles. The molecule has 0 saturated carbocycles. The van der Waals surface area contributed by atoms with Crippen LogP contribution in [0, 0.1) is 6.92 Å². The zero-order chi connectivity index (χ0) is 25.7. The number of carbonyl (C=O) groups is 3. The molecule has 0 fully saturated rings.